The summed E-state index contributed by atoms with van der Waals surface area (Å²) in [4.78, 5) is 12.0. The molecule has 0 atom stereocenters. The molecule has 0 heterocycles. The first-order valence-electron chi connectivity index (χ1n) is 7.50. The third-order valence-corrected chi connectivity index (χ3v) is 3.13. The van der Waals surface area contributed by atoms with Crippen LogP contribution in [-0.4, -0.2) is 45.0 Å². The molecule has 7 heteroatoms. The Morgan fingerprint density at radius 1 is 1.33 bits per heavy atom. The summed E-state index contributed by atoms with van der Waals surface area (Å²) in [6.07, 6.45) is 2.07. The van der Waals surface area contributed by atoms with Crippen LogP contribution in [0, 0.1) is 11.3 Å². The average molecular weight is 334 g/mol. The second-order valence-corrected chi connectivity index (χ2v) is 4.75. The number of hydrogen-bond acceptors (Lipinski definition) is 6. The predicted molar refractivity (Wildman–Crippen MR) is 88.9 cm³/mol. The van der Waals surface area contributed by atoms with E-state index < -0.39 is 5.91 Å². The van der Waals surface area contributed by atoms with Crippen molar-refractivity contribution in [3.63, 3.8) is 0 Å². The Labute approximate surface area is 141 Å². The lowest BCUT2D eigenvalue weighted by molar-refractivity contribution is -0.117. The molecule has 1 rings (SSSR count). The van der Waals surface area contributed by atoms with Gasteiger partial charge >= 0.3 is 0 Å². The molecule has 1 aromatic carbocycles. The highest BCUT2D eigenvalue weighted by atomic mass is 16.5. The molecule has 0 bridgehead atoms. The number of benzene rings is 1. The van der Waals surface area contributed by atoms with E-state index in [1.165, 1.54) is 32.4 Å². The van der Waals surface area contributed by atoms with Gasteiger partial charge in [-0.15, -0.1) is 0 Å². The minimum Gasteiger partial charge on any atom is -0.502 e. The van der Waals surface area contributed by atoms with Crippen molar-refractivity contribution in [1.82, 2.24) is 5.32 Å². The molecule has 24 heavy (non-hydrogen) atoms. The van der Waals surface area contributed by atoms with Gasteiger partial charge in [0, 0.05) is 19.8 Å². The maximum atomic E-state index is 12.0. The number of amides is 1. The second-order valence-electron chi connectivity index (χ2n) is 4.75. The molecule has 0 saturated heterocycles. The fraction of sp³-hybridized carbons (Fsp3) is 0.412. The molecular weight excluding hydrogens is 312 g/mol. The number of nitrogens with one attached hydrogen (secondary N) is 1. The van der Waals surface area contributed by atoms with Gasteiger partial charge in [-0.3, -0.25) is 4.79 Å². The number of methoxy groups -OCH3 is 2. The average Bonchev–Trinajstić information content (AvgIpc) is 2.60. The number of phenols is 1. The quantitative estimate of drug-likeness (QED) is 0.406. The van der Waals surface area contributed by atoms with Crippen LogP contribution in [0.5, 0.6) is 17.2 Å². The number of hydrogen-bond donors (Lipinski definition) is 2. The predicted octanol–water partition coefficient (Wildman–Crippen LogP) is 1.86. The van der Waals surface area contributed by atoms with E-state index >= 15 is 0 Å². The van der Waals surface area contributed by atoms with Crippen LogP contribution in [0.25, 0.3) is 6.08 Å². The van der Waals surface area contributed by atoms with Crippen molar-refractivity contribution in [3.05, 3.63) is 23.3 Å². The van der Waals surface area contributed by atoms with Crippen molar-refractivity contribution in [2.45, 2.75) is 13.3 Å². The molecule has 0 unspecified atom stereocenters. The van der Waals surface area contributed by atoms with E-state index in [1.54, 1.807) is 0 Å². The van der Waals surface area contributed by atoms with Crippen molar-refractivity contribution in [1.29, 1.82) is 5.26 Å². The summed E-state index contributed by atoms with van der Waals surface area (Å²) in [6, 6.07) is 4.89. The molecule has 0 radical (unpaired) electrons. The largest absolute Gasteiger partial charge is 0.502 e. The third-order valence-electron chi connectivity index (χ3n) is 3.13. The van der Waals surface area contributed by atoms with Crippen LogP contribution in [0.3, 0.4) is 0 Å². The van der Waals surface area contributed by atoms with Crippen molar-refractivity contribution in [2.75, 3.05) is 34.0 Å². The molecule has 7 nitrogen and oxygen atoms in total. The number of nitriles is 1. The van der Waals surface area contributed by atoms with Crippen molar-refractivity contribution in [2.24, 2.45) is 0 Å². The lowest BCUT2D eigenvalue weighted by atomic mass is 10.1. The number of phenolic OH excluding ortho intramolecular Hbond substituents is 1. The molecule has 0 fully saturated rings. The molecule has 0 aliphatic heterocycles. The van der Waals surface area contributed by atoms with Gasteiger partial charge in [0.2, 0.25) is 5.75 Å². The van der Waals surface area contributed by atoms with Gasteiger partial charge < -0.3 is 24.6 Å². The SMILES string of the molecule is CCOCCCNC(=O)C(C#N)=Cc1cc(OC)c(O)c(OC)c1. The van der Waals surface area contributed by atoms with Crippen LogP contribution in [0.15, 0.2) is 17.7 Å². The van der Waals surface area contributed by atoms with Crippen LogP contribution in [-0.2, 0) is 9.53 Å². The molecule has 0 saturated carbocycles. The van der Waals surface area contributed by atoms with Crippen molar-refractivity contribution < 1.29 is 24.1 Å². The van der Waals surface area contributed by atoms with Crippen LogP contribution in [0.2, 0.25) is 0 Å². The van der Waals surface area contributed by atoms with Gasteiger partial charge in [-0.25, -0.2) is 0 Å². The zero-order valence-electron chi connectivity index (χ0n) is 14.1. The lowest BCUT2D eigenvalue weighted by Gasteiger charge is -2.10. The number of nitrogens with zero attached hydrogens (tertiary/aromatic N) is 1. The van der Waals surface area contributed by atoms with E-state index in [9.17, 15) is 15.2 Å². The summed E-state index contributed by atoms with van der Waals surface area (Å²) in [7, 11) is 2.80. The van der Waals surface area contributed by atoms with E-state index in [0.717, 1.165) is 0 Å². The molecule has 1 aromatic rings. The number of aromatic hydroxyl groups is 1. The smallest absolute Gasteiger partial charge is 0.261 e. The summed E-state index contributed by atoms with van der Waals surface area (Å²) >= 11 is 0. The minimum absolute atomic E-state index is 0.0544. The van der Waals surface area contributed by atoms with Crippen LogP contribution < -0.4 is 14.8 Å². The third kappa shape index (κ3) is 5.48. The van der Waals surface area contributed by atoms with Gasteiger partial charge in [-0.1, -0.05) is 0 Å². The second kappa shape index (κ2) is 10.1. The van der Waals surface area contributed by atoms with E-state index in [1.807, 2.05) is 13.0 Å². The van der Waals surface area contributed by atoms with E-state index in [0.29, 0.717) is 31.7 Å². The minimum atomic E-state index is -0.472. The topological polar surface area (TPSA) is 101 Å². The Bertz CT molecular complexity index is 609. The summed E-state index contributed by atoms with van der Waals surface area (Å²) in [5, 5.41) is 21.7. The van der Waals surface area contributed by atoms with Gasteiger partial charge in [0.25, 0.3) is 5.91 Å². The number of rotatable bonds is 9. The monoisotopic (exact) mass is 334 g/mol. The number of carbonyl (C=O) groups is 1. The summed E-state index contributed by atoms with van der Waals surface area (Å²) in [5.74, 6) is -0.235. The highest BCUT2D eigenvalue weighted by molar-refractivity contribution is 6.01. The molecule has 0 spiro atoms. The highest BCUT2D eigenvalue weighted by Gasteiger charge is 2.13. The van der Waals surface area contributed by atoms with E-state index in [-0.39, 0.29) is 22.8 Å². The van der Waals surface area contributed by atoms with Gasteiger partial charge in [-0.2, -0.15) is 5.26 Å². The zero-order valence-corrected chi connectivity index (χ0v) is 14.1. The fourth-order valence-electron chi connectivity index (χ4n) is 1.93. The normalized spacial score (nSPS) is 10.8. The standard InChI is InChI=1S/C17H22N2O5/c1-4-24-7-5-6-19-17(21)13(11-18)8-12-9-14(22-2)16(20)15(10-12)23-3/h8-10,20H,4-7H2,1-3H3,(H,19,21). The maximum absolute atomic E-state index is 12.0. The fourth-order valence-corrected chi connectivity index (χ4v) is 1.93. The summed E-state index contributed by atoms with van der Waals surface area (Å²) in [6.45, 7) is 3.49. The molecule has 130 valence electrons. The van der Waals surface area contributed by atoms with Crippen molar-refractivity contribution >= 4 is 12.0 Å². The van der Waals surface area contributed by atoms with E-state index in [4.69, 9.17) is 14.2 Å². The Morgan fingerprint density at radius 2 is 1.96 bits per heavy atom. The molecule has 2 N–H and O–H groups in total. The molecule has 1 amide bonds. The Balaban J connectivity index is 2.88. The Kier molecular flexibility index (Phi) is 8.16. The molecule has 0 aliphatic rings. The Morgan fingerprint density at radius 3 is 2.46 bits per heavy atom. The van der Waals surface area contributed by atoms with Gasteiger partial charge in [-0.05, 0) is 37.1 Å². The molecule has 0 aromatic heterocycles. The number of carbonyl (C=O) groups excluding carboxylic acids is 1. The summed E-state index contributed by atoms with van der Waals surface area (Å²) < 4.78 is 15.3. The van der Waals surface area contributed by atoms with Crippen molar-refractivity contribution in [3.8, 4) is 23.3 Å². The number of ether oxygens (including phenoxy) is 3. The maximum Gasteiger partial charge on any atom is 0.261 e. The summed E-state index contributed by atoms with van der Waals surface area (Å²) in [5.41, 5.74) is 0.448. The first-order valence-corrected chi connectivity index (χ1v) is 7.50. The first-order chi connectivity index (χ1) is 11.6. The van der Waals surface area contributed by atoms with Crippen LogP contribution in [0.1, 0.15) is 18.9 Å². The van der Waals surface area contributed by atoms with E-state index in [2.05, 4.69) is 5.32 Å². The van der Waals surface area contributed by atoms with Crippen LogP contribution >= 0.6 is 0 Å². The van der Waals surface area contributed by atoms with Gasteiger partial charge in [0.15, 0.2) is 11.5 Å². The first kappa shape index (κ1) is 19.3. The Hall–Kier alpha value is -2.72. The lowest BCUT2D eigenvalue weighted by Crippen LogP contribution is -2.26. The van der Waals surface area contributed by atoms with Crippen LogP contribution in [0.4, 0.5) is 0 Å². The molecular formula is C17H22N2O5. The highest BCUT2D eigenvalue weighted by Crippen LogP contribution is 2.37. The zero-order chi connectivity index (χ0) is 17.9. The van der Waals surface area contributed by atoms with Gasteiger partial charge in [0.1, 0.15) is 11.6 Å². The molecule has 0 aliphatic carbocycles. The van der Waals surface area contributed by atoms with Gasteiger partial charge in [0.05, 0.1) is 14.2 Å².